The van der Waals surface area contributed by atoms with Crippen LogP contribution in [0, 0.1) is 0 Å². The van der Waals surface area contributed by atoms with Gasteiger partial charge in [0.05, 0.1) is 25.4 Å². The second-order valence-corrected chi connectivity index (χ2v) is 24.9. The fraction of sp³-hybridized carbons (Fsp3) is 0.944. The van der Waals surface area contributed by atoms with Crippen LogP contribution in [0.1, 0.15) is 412 Å². The van der Waals surface area contributed by atoms with Crippen molar-refractivity contribution >= 4 is 11.9 Å². The second kappa shape index (κ2) is 68.1. The molecule has 1 amide bonds. The normalized spacial score (nSPS) is 12.5. The van der Waals surface area contributed by atoms with Crippen LogP contribution in [0.5, 0.6) is 0 Å². The predicted octanol–water partition coefficient (Wildman–Crippen LogP) is 23.1. The largest absolute Gasteiger partial charge is 0.466 e. The van der Waals surface area contributed by atoms with Gasteiger partial charge in [0, 0.05) is 12.8 Å². The lowest BCUT2D eigenvalue weighted by Crippen LogP contribution is -2.45. The summed E-state index contributed by atoms with van der Waals surface area (Å²) in [4.78, 5) is 24.6. The van der Waals surface area contributed by atoms with E-state index in [1.807, 2.05) is 0 Å². The Labute approximate surface area is 489 Å². The minimum absolute atomic E-state index is 0.0169. The summed E-state index contributed by atoms with van der Waals surface area (Å²) in [6, 6.07) is -0.544. The molecule has 78 heavy (non-hydrogen) atoms. The highest BCUT2D eigenvalue weighted by Gasteiger charge is 2.20. The van der Waals surface area contributed by atoms with E-state index in [0.29, 0.717) is 25.9 Å². The molecule has 6 nitrogen and oxygen atoms in total. The molecule has 0 radical (unpaired) electrons. The van der Waals surface area contributed by atoms with Crippen LogP contribution in [0.15, 0.2) is 12.2 Å². The molecule has 3 N–H and O–H groups in total. The number of rotatable bonds is 68. The van der Waals surface area contributed by atoms with Crippen LogP contribution in [0.2, 0.25) is 0 Å². The van der Waals surface area contributed by atoms with Gasteiger partial charge in [-0.05, 0) is 51.4 Å². The van der Waals surface area contributed by atoms with E-state index in [-0.39, 0.29) is 18.5 Å². The Bertz CT molecular complexity index is 1180. The molecule has 0 spiro atoms. The Morgan fingerprint density at radius 2 is 0.603 bits per heavy atom. The minimum Gasteiger partial charge on any atom is -0.466 e. The Balaban J connectivity index is 3.39. The van der Waals surface area contributed by atoms with Gasteiger partial charge in [-0.25, -0.2) is 0 Å². The van der Waals surface area contributed by atoms with Crippen LogP contribution in [0.3, 0.4) is 0 Å². The number of esters is 1. The van der Waals surface area contributed by atoms with E-state index >= 15 is 0 Å². The lowest BCUT2D eigenvalue weighted by molar-refractivity contribution is -0.143. The average molecular weight is 1100 g/mol. The van der Waals surface area contributed by atoms with Crippen LogP contribution in [-0.2, 0) is 14.3 Å². The van der Waals surface area contributed by atoms with E-state index in [4.69, 9.17) is 4.74 Å². The van der Waals surface area contributed by atoms with Crippen molar-refractivity contribution in [3.63, 3.8) is 0 Å². The number of aliphatic hydroxyl groups is 2. The third-order valence-electron chi connectivity index (χ3n) is 17.1. The first-order valence-corrected chi connectivity index (χ1v) is 35.9. The third kappa shape index (κ3) is 63.8. The molecule has 6 heteroatoms. The number of hydrogen-bond donors (Lipinski definition) is 3. The van der Waals surface area contributed by atoms with Crippen molar-refractivity contribution in [2.45, 2.75) is 424 Å². The molecule has 2 unspecified atom stereocenters. The van der Waals surface area contributed by atoms with Gasteiger partial charge in [-0.1, -0.05) is 360 Å². The molecule has 0 saturated heterocycles. The molecule has 0 heterocycles. The average Bonchev–Trinajstić information content (AvgIpc) is 3.44. The first kappa shape index (κ1) is 76.6. The molecule has 464 valence electrons. The Kier molecular flexibility index (Phi) is 66.9. The van der Waals surface area contributed by atoms with Gasteiger partial charge >= 0.3 is 5.97 Å². The Morgan fingerprint density at radius 1 is 0.346 bits per heavy atom. The zero-order chi connectivity index (χ0) is 56.4. The van der Waals surface area contributed by atoms with Crippen molar-refractivity contribution in [2.24, 2.45) is 0 Å². The van der Waals surface area contributed by atoms with Crippen LogP contribution in [-0.4, -0.2) is 47.4 Å². The molecule has 0 rings (SSSR count). The molecule has 0 saturated carbocycles. The van der Waals surface area contributed by atoms with Crippen molar-refractivity contribution in [3.05, 3.63) is 12.2 Å². The van der Waals surface area contributed by atoms with Crippen LogP contribution in [0.25, 0.3) is 0 Å². The van der Waals surface area contributed by atoms with E-state index in [0.717, 1.165) is 38.5 Å². The molecule has 2 atom stereocenters. The maximum absolute atomic E-state index is 12.5. The summed E-state index contributed by atoms with van der Waals surface area (Å²) in [5.74, 6) is -0.0160. The van der Waals surface area contributed by atoms with E-state index in [9.17, 15) is 19.8 Å². The number of hydrogen-bond acceptors (Lipinski definition) is 5. The maximum Gasteiger partial charge on any atom is 0.305 e. The Hall–Kier alpha value is -1.40. The summed E-state index contributed by atoms with van der Waals surface area (Å²) >= 11 is 0. The SMILES string of the molecule is CCCCCCCCCCCCCCCCCCCCCCCCC(O)C(CO)NC(=O)CCCCCCCCCCC/C=C\CCCCCCCCCCCCCCOC(=O)CCCCCCCCCCCCCCCC. The lowest BCUT2D eigenvalue weighted by atomic mass is 10.0. The highest BCUT2D eigenvalue weighted by atomic mass is 16.5. The predicted molar refractivity (Wildman–Crippen MR) is 343 cm³/mol. The summed E-state index contributed by atoms with van der Waals surface area (Å²) in [6.07, 6.45) is 84.0. The number of aliphatic hydroxyl groups excluding tert-OH is 2. The van der Waals surface area contributed by atoms with Crippen molar-refractivity contribution in [1.82, 2.24) is 5.32 Å². The van der Waals surface area contributed by atoms with Gasteiger partial charge in [-0.15, -0.1) is 0 Å². The number of carbonyl (C=O) groups excluding carboxylic acids is 2. The van der Waals surface area contributed by atoms with Crippen LogP contribution >= 0.6 is 0 Å². The zero-order valence-electron chi connectivity index (χ0n) is 53.2. The second-order valence-electron chi connectivity index (χ2n) is 24.9. The van der Waals surface area contributed by atoms with Gasteiger partial charge in [-0.3, -0.25) is 9.59 Å². The summed E-state index contributed by atoms with van der Waals surface area (Å²) in [6.45, 7) is 5.00. The maximum atomic E-state index is 12.5. The van der Waals surface area contributed by atoms with Gasteiger partial charge in [-0.2, -0.15) is 0 Å². The molecule has 0 aliphatic heterocycles. The van der Waals surface area contributed by atoms with Crippen molar-refractivity contribution in [2.75, 3.05) is 13.2 Å². The molecule has 0 aromatic carbocycles. The summed E-state index contributed by atoms with van der Waals surface area (Å²) < 4.78 is 5.49. The van der Waals surface area contributed by atoms with Crippen molar-refractivity contribution < 1.29 is 24.5 Å². The lowest BCUT2D eigenvalue weighted by Gasteiger charge is -2.22. The van der Waals surface area contributed by atoms with E-state index in [1.165, 1.54) is 340 Å². The quantitative estimate of drug-likeness (QED) is 0.0320. The molecule has 0 aromatic rings. The number of unbranched alkanes of at least 4 members (excludes halogenated alkanes) is 55. The van der Waals surface area contributed by atoms with Gasteiger partial charge in [0.25, 0.3) is 0 Å². The molecule has 0 bridgehead atoms. The van der Waals surface area contributed by atoms with Crippen LogP contribution in [0.4, 0.5) is 0 Å². The number of allylic oxidation sites excluding steroid dienone is 2. The smallest absolute Gasteiger partial charge is 0.305 e. The summed E-state index contributed by atoms with van der Waals surface area (Å²) in [5, 5.41) is 23.4. The topological polar surface area (TPSA) is 95.9 Å². The van der Waals surface area contributed by atoms with E-state index in [2.05, 4.69) is 31.3 Å². The standard InChI is InChI=1S/C72H141NO5/c1-3-5-7-9-11-13-15-17-19-20-21-22-28-31-34-37-40-44-48-52-56-60-64-70(75)69(68-74)73-71(76)65-61-57-53-49-45-41-38-35-32-29-26-24-23-25-27-30-33-36-39-43-47-51-55-59-63-67-78-72(77)66-62-58-54-50-46-42-18-16-14-12-10-8-6-4-2/h24,26,69-70,74-75H,3-23,25,27-68H2,1-2H3,(H,73,76)/b26-24-. The van der Waals surface area contributed by atoms with Gasteiger partial charge < -0.3 is 20.3 Å². The highest BCUT2D eigenvalue weighted by molar-refractivity contribution is 5.76. The molecule has 0 aromatic heterocycles. The molecular formula is C72H141NO5. The summed E-state index contributed by atoms with van der Waals surface area (Å²) in [7, 11) is 0. The molecule has 0 fully saturated rings. The number of carbonyl (C=O) groups is 2. The first-order chi connectivity index (χ1) is 38.5. The highest BCUT2D eigenvalue weighted by Crippen LogP contribution is 2.19. The van der Waals surface area contributed by atoms with E-state index < -0.39 is 12.1 Å². The minimum atomic E-state index is -0.667. The van der Waals surface area contributed by atoms with Crippen molar-refractivity contribution in [1.29, 1.82) is 0 Å². The zero-order valence-corrected chi connectivity index (χ0v) is 53.2. The fourth-order valence-electron chi connectivity index (χ4n) is 11.6. The summed E-state index contributed by atoms with van der Waals surface area (Å²) in [5.41, 5.74) is 0. The van der Waals surface area contributed by atoms with Gasteiger partial charge in [0.15, 0.2) is 0 Å². The monoisotopic (exact) mass is 1100 g/mol. The molecule has 0 aliphatic rings. The Morgan fingerprint density at radius 3 is 0.910 bits per heavy atom. The third-order valence-corrected chi connectivity index (χ3v) is 17.1. The van der Waals surface area contributed by atoms with E-state index in [1.54, 1.807) is 0 Å². The van der Waals surface area contributed by atoms with Gasteiger partial charge in [0.1, 0.15) is 0 Å². The molecular weight excluding hydrogens is 959 g/mol. The first-order valence-electron chi connectivity index (χ1n) is 35.9. The number of amides is 1. The van der Waals surface area contributed by atoms with Crippen molar-refractivity contribution in [3.8, 4) is 0 Å². The number of nitrogens with one attached hydrogen (secondary N) is 1. The van der Waals surface area contributed by atoms with Crippen LogP contribution < -0.4 is 5.32 Å². The molecule has 0 aliphatic carbocycles. The number of ether oxygens (including phenoxy) is 1. The fourth-order valence-corrected chi connectivity index (χ4v) is 11.6. The van der Waals surface area contributed by atoms with Gasteiger partial charge in [0.2, 0.25) is 5.91 Å².